The van der Waals surface area contributed by atoms with Gasteiger partial charge in [-0.1, -0.05) is 40.2 Å². The van der Waals surface area contributed by atoms with E-state index in [9.17, 15) is 4.79 Å². The van der Waals surface area contributed by atoms with Crippen LogP contribution in [0.15, 0.2) is 77.7 Å². The summed E-state index contributed by atoms with van der Waals surface area (Å²) in [5.74, 6) is 1.44. The molecule has 2 aromatic heterocycles. The van der Waals surface area contributed by atoms with E-state index in [1.807, 2.05) is 60.8 Å². The molecule has 162 valence electrons. The minimum atomic E-state index is -0.113. The molecule has 0 saturated heterocycles. The van der Waals surface area contributed by atoms with Crippen LogP contribution in [0.3, 0.4) is 0 Å². The van der Waals surface area contributed by atoms with E-state index >= 15 is 0 Å². The van der Waals surface area contributed by atoms with Crippen molar-refractivity contribution in [3.8, 4) is 11.3 Å². The number of amides is 1. The van der Waals surface area contributed by atoms with Crippen molar-refractivity contribution in [3.63, 3.8) is 0 Å². The molecule has 7 nitrogen and oxygen atoms in total. The third kappa shape index (κ3) is 6.01. The summed E-state index contributed by atoms with van der Waals surface area (Å²) in [7, 11) is 0. The average molecular weight is 491 g/mol. The first kappa shape index (κ1) is 21.7. The zero-order valence-electron chi connectivity index (χ0n) is 17.4. The summed E-state index contributed by atoms with van der Waals surface area (Å²) in [5.41, 5.74) is 3.37. The number of aromatic nitrogens is 4. The van der Waals surface area contributed by atoms with Gasteiger partial charge < -0.3 is 15.6 Å². The Morgan fingerprint density at radius 2 is 1.91 bits per heavy atom. The third-order valence-electron chi connectivity index (χ3n) is 4.87. The highest BCUT2D eigenvalue weighted by atomic mass is 79.9. The highest BCUT2D eigenvalue weighted by Crippen LogP contribution is 2.19. The van der Waals surface area contributed by atoms with Crippen molar-refractivity contribution < 1.29 is 4.79 Å². The summed E-state index contributed by atoms with van der Waals surface area (Å²) in [6.45, 7) is 1.22. The minimum absolute atomic E-state index is 0.113. The number of hydrogen-bond acceptors (Lipinski definition) is 5. The van der Waals surface area contributed by atoms with Crippen molar-refractivity contribution in [1.82, 2.24) is 25.3 Å². The number of halogens is 1. The summed E-state index contributed by atoms with van der Waals surface area (Å²) in [6.07, 6.45) is 7.10. The van der Waals surface area contributed by atoms with Gasteiger partial charge in [0.15, 0.2) is 0 Å². The second kappa shape index (κ2) is 10.7. The molecular weight excluding hydrogens is 468 g/mol. The number of carbonyl (C=O) groups excluding carboxylic acids is 1. The largest absolute Gasteiger partial charge is 0.354 e. The number of aryl methyl sites for hydroxylation is 1. The van der Waals surface area contributed by atoms with Crippen LogP contribution in [0.1, 0.15) is 28.2 Å². The van der Waals surface area contributed by atoms with Gasteiger partial charge in [-0.3, -0.25) is 4.79 Å². The molecule has 4 rings (SSSR count). The fraction of sp³-hybridized carbons (Fsp3) is 0.167. The molecule has 2 aromatic carbocycles. The van der Waals surface area contributed by atoms with E-state index in [-0.39, 0.29) is 5.91 Å². The molecule has 0 saturated carbocycles. The molecule has 0 radical (unpaired) electrons. The molecule has 0 aliphatic heterocycles. The molecule has 4 aromatic rings. The molecule has 0 fully saturated rings. The number of hydrogen-bond donors (Lipinski definition) is 3. The van der Waals surface area contributed by atoms with Gasteiger partial charge >= 0.3 is 0 Å². The Bertz CT molecular complexity index is 1160. The van der Waals surface area contributed by atoms with E-state index in [2.05, 4.69) is 46.5 Å². The zero-order chi connectivity index (χ0) is 22.2. The lowest BCUT2D eigenvalue weighted by molar-refractivity contribution is 0.0951. The van der Waals surface area contributed by atoms with Crippen molar-refractivity contribution in [2.45, 2.75) is 19.4 Å². The normalized spacial score (nSPS) is 10.7. The number of imidazole rings is 1. The predicted molar refractivity (Wildman–Crippen MR) is 128 cm³/mol. The van der Waals surface area contributed by atoms with Gasteiger partial charge in [-0.05, 0) is 42.3 Å². The summed E-state index contributed by atoms with van der Waals surface area (Å²) in [6, 6.07) is 17.1. The van der Waals surface area contributed by atoms with E-state index in [1.54, 1.807) is 12.4 Å². The summed E-state index contributed by atoms with van der Waals surface area (Å²) in [4.78, 5) is 28.7. The maximum atomic E-state index is 12.5. The molecule has 0 aliphatic rings. The van der Waals surface area contributed by atoms with Gasteiger partial charge in [0.2, 0.25) is 5.95 Å². The Labute approximate surface area is 194 Å². The van der Waals surface area contributed by atoms with Crippen molar-refractivity contribution in [3.05, 3.63) is 94.6 Å². The molecule has 0 aliphatic carbocycles. The Balaban J connectivity index is 1.31. The molecule has 2 heterocycles. The smallest absolute Gasteiger partial charge is 0.251 e. The second-order valence-electron chi connectivity index (χ2n) is 7.22. The van der Waals surface area contributed by atoms with E-state index in [0.29, 0.717) is 18.1 Å². The molecule has 3 N–H and O–H groups in total. The quantitative estimate of drug-likeness (QED) is 0.298. The Kier molecular flexibility index (Phi) is 7.24. The molecule has 0 atom stereocenters. The van der Waals surface area contributed by atoms with E-state index in [0.717, 1.165) is 46.5 Å². The number of nitrogens with one attached hydrogen (secondary N) is 3. The number of nitrogens with zero attached hydrogens (tertiary/aromatic N) is 3. The number of H-pyrrole nitrogens is 1. The maximum Gasteiger partial charge on any atom is 0.251 e. The first-order chi connectivity index (χ1) is 15.7. The highest BCUT2D eigenvalue weighted by Gasteiger charge is 2.08. The minimum Gasteiger partial charge on any atom is -0.354 e. The highest BCUT2D eigenvalue weighted by molar-refractivity contribution is 9.10. The predicted octanol–water partition coefficient (Wildman–Crippen LogP) is 4.60. The number of carbonyl (C=O) groups is 1. The third-order valence-corrected chi connectivity index (χ3v) is 5.36. The van der Waals surface area contributed by atoms with Crippen LogP contribution in [-0.4, -0.2) is 32.4 Å². The van der Waals surface area contributed by atoms with Gasteiger partial charge in [-0.2, -0.15) is 0 Å². The monoisotopic (exact) mass is 490 g/mol. The number of aromatic amines is 1. The van der Waals surface area contributed by atoms with Crippen LogP contribution in [0.5, 0.6) is 0 Å². The fourth-order valence-corrected chi connectivity index (χ4v) is 3.67. The van der Waals surface area contributed by atoms with Crippen molar-refractivity contribution in [2.75, 3.05) is 11.9 Å². The Hall–Kier alpha value is -3.52. The van der Waals surface area contributed by atoms with Gasteiger partial charge in [0, 0.05) is 53.7 Å². The van der Waals surface area contributed by atoms with Crippen molar-refractivity contribution in [1.29, 1.82) is 0 Å². The lowest BCUT2D eigenvalue weighted by Crippen LogP contribution is -2.22. The van der Waals surface area contributed by atoms with E-state index < -0.39 is 0 Å². The Morgan fingerprint density at radius 1 is 1.03 bits per heavy atom. The fourth-order valence-electron chi connectivity index (χ4n) is 3.22. The number of benzene rings is 2. The van der Waals surface area contributed by atoms with Gasteiger partial charge in [0.1, 0.15) is 5.82 Å². The van der Waals surface area contributed by atoms with Gasteiger partial charge in [0.25, 0.3) is 5.91 Å². The molecule has 0 unspecified atom stereocenters. The maximum absolute atomic E-state index is 12.5. The van der Waals surface area contributed by atoms with Crippen LogP contribution in [0, 0.1) is 0 Å². The molecule has 1 amide bonds. The first-order valence-corrected chi connectivity index (χ1v) is 11.1. The standard InChI is InChI=1S/C24H23BrN6O/c25-20-4-1-3-17(15-20)16-30-23(32)19-8-6-18(7-9-19)21-10-12-29-24(31-21)28-11-2-5-22-26-13-14-27-22/h1,3-4,6-10,12-15H,2,5,11,16H2,(H,26,27)(H,30,32)(H,28,29,31). The van der Waals surface area contributed by atoms with Crippen LogP contribution in [0.25, 0.3) is 11.3 Å². The molecule has 8 heteroatoms. The average Bonchev–Trinajstić information content (AvgIpc) is 3.34. The van der Waals surface area contributed by atoms with Crippen LogP contribution >= 0.6 is 15.9 Å². The van der Waals surface area contributed by atoms with Crippen LogP contribution < -0.4 is 10.6 Å². The second-order valence-corrected chi connectivity index (χ2v) is 8.14. The molecule has 32 heavy (non-hydrogen) atoms. The number of anilines is 1. The van der Waals surface area contributed by atoms with Gasteiger partial charge in [-0.15, -0.1) is 0 Å². The van der Waals surface area contributed by atoms with E-state index in [4.69, 9.17) is 0 Å². The Morgan fingerprint density at radius 3 is 2.69 bits per heavy atom. The topological polar surface area (TPSA) is 95.6 Å². The van der Waals surface area contributed by atoms with Crippen molar-refractivity contribution >= 4 is 27.8 Å². The summed E-state index contributed by atoms with van der Waals surface area (Å²) >= 11 is 3.44. The molecule has 0 spiro atoms. The number of rotatable bonds is 9. The summed E-state index contributed by atoms with van der Waals surface area (Å²) in [5, 5.41) is 6.20. The van der Waals surface area contributed by atoms with Crippen LogP contribution in [-0.2, 0) is 13.0 Å². The van der Waals surface area contributed by atoms with Gasteiger partial charge in [0.05, 0.1) is 5.69 Å². The summed E-state index contributed by atoms with van der Waals surface area (Å²) < 4.78 is 0.991. The van der Waals surface area contributed by atoms with Gasteiger partial charge in [-0.25, -0.2) is 15.0 Å². The SMILES string of the molecule is O=C(NCc1cccc(Br)c1)c1ccc(-c2ccnc(NCCCc3ncc[nH]3)n2)cc1. The van der Waals surface area contributed by atoms with Crippen molar-refractivity contribution in [2.24, 2.45) is 0 Å². The van der Waals surface area contributed by atoms with E-state index in [1.165, 1.54) is 0 Å². The molecular formula is C24H23BrN6O. The zero-order valence-corrected chi connectivity index (χ0v) is 19.0. The van der Waals surface area contributed by atoms with Crippen LogP contribution in [0.2, 0.25) is 0 Å². The lowest BCUT2D eigenvalue weighted by atomic mass is 10.1. The lowest BCUT2D eigenvalue weighted by Gasteiger charge is -2.08. The van der Waals surface area contributed by atoms with Crippen LogP contribution in [0.4, 0.5) is 5.95 Å². The molecule has 0 bridgehead atoms. The first-order valence-electron chi connectivity index (χ1n) is 10.4.